The fourth-order valence-corrected chi connectivity index (χ4v) is 3.06. The van der Waals surface area contributed by atoms with Crippen molar-refractivity contribution in [1.82, 2.24) is 30.0 Å². The van der Waals surface area contributed by atoms with Gasteiger partial charge in [-0.15, -0.1) is 10.2 Å². The molecule has 1 atom stereocenters. The van der Waals surface area contributed by atoms with Crippen LogP contribution in [0.2, 0.25) is 5.02 Å². The van der Waals surface area contributed by atoms with Gasteiger partial charge in [0, 0.05) is 28.7 Å². The average molecular weight is 426 g/mol. The van der Waals surface area contributed by atoms with E-state index < -0.39 is 11.9 Å². The third-order valence-electron chi connectivity index (χ3n) is 4.47. The molecule has 8 nitrogen and oxygen atoms in total. The minimum atomic E-state index is -0.701. The average Bonchev–Trinajstić information content (AvgIpc) is 3.42. The molecule has 4 rings (SSSR count). The summed E-state index contributed by atoms with van der Waals surface area (Å²) in [6, 6.07) is 12.4. The molecular weight excluding hydrogens is 409 g/mol. The van der Waals surface area contributed by atoms with Crippen molar-refractivity contribution in [3.05, 3.63) is 71.8 Å². The number of amides is 1. The topological polar surface area (TPSA) is 90.5 Å². The second-order valence-corrected chi connectivity index (χ2v) is 6.91. The molecule has 0 aliphatic carbocycles. The van der Waals surface area contributed by atoms with E-state index >= 15 is 0 Å². The summed E-state index contributed by atoms with van der Waals surface area (Å²) in [5, 5.41) is 19.7. The van der Waals surface area contributed by atoms with Crippen molar-refractivity contribution >= 4 is 23.2 Å². The van der Waals surface area contributed by atoms with Gasteiger partial charge in [-0.25, -0.2) is 9.07 Å². The highest BCUT2D eigenvalue weighted by Crippen LogP contribution is 2.21. The lowest BCUT2D eigenvalue weighted by molar-refractivity contribution is -0.119. The zero-order valence-corrected chi connectivity index (χ0v) is 16.7. The number of tetrazole rings is 1. The van der Waals surface area contributed by atoms with E-state index in [2.05, 4.69) is 25.8 Å². The van der Waals surface area contributed by atoms with Gasteiger partial charge in [0.25, 0.3) is 5.91 Å². The first-order valence-electron chi connectivity index (χ1n) is 9.21. The quantitative estimate of drug-likeness (QED) is 0.505. The Bertz CT molecular complexity index is 1160. The third kappa shape index (κ3) is 4.06. The van der Waals surface area contributed by atoms with E-state index in [1.165, 1.54) is 15.5 Å². The fourth-order valence-electron chi connectivity index (χ4n) is 2.93. The highest BCUT2D eigenvalue weighted by Gasteiger charge is 2.22. The van der Waals surface area contributed by atoms with Gasteiger partial charge in [-0.3, -0.25) is 4.79 Å². The molecule has 0 saturated carbocycles. The van der Waals surface area contributed by atoms with E-state index in [1.54, 1.807) is 54.9 Å². The Morgan fingerprint density at radius 3 is 2.70 bits per heavy atom. The van der Waals surface area contributed by atoms with Crippen LogP contribution in [0.15, 0.2) is 60.9 Å². The molecule has 0 spiro atoms. The molecule has 30 heavy (non-hydrogen) atoms. The second kappa shape index (κ2) is 8.42. The van der Waals surface area contributed by atoms with Gasteiger partial charge in [0.15, 0.2) is 11.9 Å². The molecule has 152 valence electrons. The van der Waals surface area contributed by atoms with E-state index in [1.807, 2.05) is 6.92 Å². The van der Waals surface area contributed by atoms with Gasteiger partial charge in [-0.1, -0.05) is 18.5 Å². The lowest BCUT2D eigenvalue weighted by atomic mass is 10.2. The van der Waals surface area contributed by atoms with Gasteiger partial charge in [0.05, 0.1) is 0 Å². The number of rotatable bonds is 6. The monoisotopic (exact) mass is 425 g/mol. The summed E-state index contributed by atoms with van der Waals surface area (Å²) in [5.74, 6) is -0.496. The molecule has 0 fully saturated rings. The number of anilines is 1. The summed E-state index contributed by atoms with van der Waals surface area (Å²) in [6.07, 6.45) is 3.62. The van der Waals surface area contributed by atoms with E-state index in [9.17, 15) is 9.18 Å². The molecule has 2 aromatic carbocycles. The van der Waals surface area contributed by atoms with Crippen molar-refractivity contribution in [3.63, 3.8) is 0 Å². The summed E-state index contributed by atoms with van der Waals surface area (Å²) < 4.78 is 15.8. The number of nitrogens with one attached hydrogen (secondary N) is 1. The van der Waals surface area contributed by atoms with Gasteiger partial charge in [0.1, 0.15) is 5.69 Å². The van der Waals surface area contributed by atoms with Crippen LogP contribution in [0.3, 0.4) is 0 Å². The molecule has 0 aliphatic rings. The van der Waals surface area contributed by atoms with E-state index in [4.69, 9.17) is 11.6 Å². The Hall–Kier alpha value is -3.59. The van der Waals surface area contributed by atoms with Crippen molar-refractivity contribution in [2.75, 3.05) is 5.32 Å². The van der Waals surface area contributed by atoms with Gasteiger partial charge < -0.3 is 5.32 Å². The van der Waals surface area contributed by atoms with Crippen LogP contribution >= 0.6 is 11.6 Å². The van der Waals surface area contributed by atoms with Crippen LogP contribution in [-0.2, 0) is 4.79 Å². The molecule has 2 aromatic heterocycles. The van der Waals surface area contributed by atoms with Crippen LogP contribution in [-0.4, -0.2) is 35.9 Å². The van der Waals surface area contributed by atoms with Crippen LogP contribution < -0.4 is 5.32 Å². The molecule has 1 unspecified atom stereocenters. The number of carbonyl (C=O) groups is 1. The number of carbonyl (C=O) groups excluding carboxylic acids is 1. The number of hydrogen-bond donors (Lipinski definition) is 1. The Morgan fingerprint density at radius 2 is 2.03 bits per heavy atom. The molecule has 1 N–H and O–H groups in total. The Balaban J connectivity index is 1.51. The number of benzene rings is 2. The number of nitrogens with zero attached hydrogens (tertiary/aromatic N) is 6. The lowest BCUT2D eigenvalue weighted by Gasteiger charge is -2.14. The number of aromatic nitrogens is 6. The molecule has 10 heteroatoms. The molecule has 0 bridgehead atoms. The predicted octanol–water partition coefficient (Wildman–Crippen LogP) is 3.91. The highest BCUT2D eigenvalue weighted by molar-refractivity contribution is 6.30. The van der Waals surface area contributed by atoms with Crippen LogP contribution in [0, 0.1) is 5.82 Å². The zero-order chi connectivity index (χ0) is 21.1. The Labute approximate surface area is 176 Å². The van der Waals surface area contributed by atoms with Crippen molar-refractivity contribution in [3.8, 4) is 17.1 Å². The molecular formula is C20H17ClFN7O. The Kier molecular flexibility index (Phi) is 5.53. The first kappa shape index (κ1) is 19.7. The summed E-state index contributed by atoms with van der Waals surface area (Å²) >= 11 is 5.90. The third-order valence-corrected chi connectivity index (χ3v) is 4.72. The number of hydrogen-bond acceptors (Lipinski definition) is 5. The molecule has 2 heterocycles. The van der Waals surface area contributed by atoms with Crippen LogP contribution in [0.25, 0.3) is 17.1 Å². The van der Waals surface area contributed by atoms with Crippen molar-refractivity contribution < 1.29 is 9.18 Å². The molecule has 0 aliphatic heterocycles. The van der Waals surface area contributed by atoms with Crippen LogP contribution in [0.1, 0.15) is 19.4 Å². The SMILES string of the molecule is CCC(C(=O)Nc1ccc(-n2cccn2)c(F)c1)n1nnc(-c2ccc(Cl)cc2)n1. The molecule has 4 aromatic rings. The normalized spacial score (nSPS) is 12.0. The van der Waals surface area contributed by atoms with Crippen molar-refractivity contribution in [1.29, 1.82) is 0 Å². The first-order chi connectivity index (χ1) is 14.5. The summed E-state index contributed by atoms with van der Waals surface area (Å²) in [5.41, 5.74) is 1.35. The summed E-state index contributed by atoms with van der Waals surface area (Å²) in [6.45, 7) is 1.83. The molecule has 0 saturated heterocycles. The van der Waals surface area contributed by atoms with Crippen molar-refractivity contribution in [2.45, 2.75) is 19.4 Å². The highest BCUT2D eigenvalue weighted by atomic mass is 35.5. The van der Waals surface area contributed by atoms with Gasteiger partial charge >= 0.3 is 0 Å². The molecule has 1 amide bonds. The largest absolute Gasteiger partial charge is 0.324 e. The minimum absolute atomic E-state index is 0.288. The summed E-state index contributed by atoms with van der Waals surface area (Å²) in [4.78, 5) is 14.0. The van der Waals surface area contributed by atoms with Gasteiger partial charge in [0.2, 0.25) is 5.82 Å². The maximum Gasteiger partial charge on any atom is 0.251 e. The maximum atomic E-state index is 14.4. The fraction of sp³-hybridized carbons (Fsp3) is 0.150. The summed E-state index contributed by atoms with van der Waals surface area (Å²) in [7, 11) is 0. The maximum absolute atomic E-state index is 14.4. The second-order valence-electron chi connectivity index (χ2n) is 6.47. The Morgan fingerprint density at radius 1 is 1.23 bits per heavy atom. The van der Waals surface area contributed by atoms with E-state index in [0.29, 0.717) is 23.0 Å². The minimum Gasteiger partial charge on any atom is -0.324 e. The van der Waals surface area contributed by atoms with Crippen LogP contribution in [0.5, 0.6) is 0 Å². The smallest absolute Gasteiger partial charge is 0.251 e. The molecule has 0 radical (unpaired) electrons. The first-order valence-corrected chi connectivity index (χ1v) is 9.59. The lowest BCUT2D eigenvalue weighted by Crippen LogP contribution is -2.27. The number of halogens is 2. The standard InChI is InChI=1S/C20H17ClFN7O/c1-2-17(29-26-19(25-27-29)13-4-6-14(21)7-5-13)20(30)24-15-8-9-18(16(22)12-15)28-11-3-10-23-28/h3-12,17H,2H2,1H3,(H,24,30). The zero-order valence-electron chi connectivity index (χ0n) is 15.9. The van der Waals surface area contributed by atoms with Crippen LogP contribution in [0.4, 0.5) is 10.1 Å². The van der Waals surface area contributed by atoms with E-state index in [-0.39, 0.29) is 11.6 Å². The van der Waals surface area contributed by atoms with E-state index in [0.717, 1.165) is 5.56 Å². The van der Waals surface area contributed by atoms with Gasteiger partial charge in [-0.05, 0) is 60.2 Å². The van der Waals surface area contributed by atoms with Crippen molar-refractivity contribution in [2.24, 2.45) is 0 Å². The van der Waals surface area contributed by atoms with Gasteiger partial charge in [-0.2, -0.15) is 9.90 Å². The predicted molar refractivity (Wildman–Crippen MR) is 110 cm³/mol.